The minimum Gasteiger partial charge on any atom is -0.496 e. The second kappa shape index (κ2) is 9.98. The van der Waals surface area contributed by atoms with Gasteiger partial charge in [-0.25, -0.2) is 4.79 Å². The number of ether oxygens (including phenoxy) is 1. The van der Waals surface area contributed by atoms with Gasteiger partial charge in [-0.1, -0.05) is 54.1 Å². The van der Waals surface area contributed by atoms with E-state index in [9.17, 15) is 19.5 Å². The van der Waals surface area contributed by atoms with Crippen LogP contribution in [0.2, 0.25) is 5.02 Å². The number of rotatable bonds is 8. The predicted molar refractivity (Wildman–Crippen MR) is 121 cm³/mol. The predicted octanol–water partition coefficient (Wildman–Crippen LogP) is 3.54. The Balaban J connectivity index is 1.75. The van der Waals surface area contributed by atoms with Crippen molar-refractivity contribution in [3.63, 3.8) is 0 Å². The average molecular weight is 453 g/mol. The first kappa shape index (κ1) is 22.8. The number of hydrogen-bond acceptors (Lipinski definition) is 4. The molecule has 0 spiro atoms. The standard InChI is InChI=1S/C24H21ClN2O5/c1-32-21-5-3-2-4-17(21)15-8-6-14(7-9-15)12-20(24(30)31)27-23(29)18-11-10-16(22(26)28)13-19(18)25/h2-11,13,20H,12H2,1H3,(H2,26,28)(H,27,29)(H,30,31)/t20-/m0/s1. The van der Waals surface area contributed by atoms with E-state index in [1.165, 1.54) is 18.2 Å². The minimum absolute atomic E-state index is 0.00380. The number of amides is 2. The maximum atomic E-state index is 12.6. The first-order valence-electron chi connectivity index (χ1n) is 9.65. The molecule has 1 atom stereocenters. The first-order valence-corrected chi connectivity index (χ1v) is 10.0. The molecule has 0 saturated carbocycles. The van der Waals surface area contributed by atoms with Gasteiger partial charge in [0.15, 0.2) is 0 Å². The van der Waals surface area contributed by atoms with Gasteiger partial charge in [0.05, 0.1) is 17.7 Å². The van der Waals surface area contributed by atoms with Crippen LogP contribution >= 0.6 is 11.6 Å². The lowest BCUT2D eigenvalue weighted by Gasteiger charge is -2.16. The van der Waals surface area contributed by atoms with Gasteiger partial charge in [0.2, 0.25) is 5.91 Å². The highest BCUT2D eigenvalue weighted by atomic mass is 35.5. The summed E-state index contributed by atoms with van der Waals surface area (Å²) in [6, 6.07) is 17.7. The Bertz CT molecular complexity index is 1160. The Hall–Kier alpha value is -3.84. The molecule has 3 aromatic rings. The number of nitrogens with one attached hydrogen (secondary N) is 1. The van der Waals surface area contributed by atoms with Crippen LogP contribution in [-0.4, -0.2) is 36.0 Å². The fraction of sp³-hybridized carbons (Fsp3) is 0.125. The van der Waals surface area contributed by atoms with Gasteiger partial charge in [0.1, 0.15) is 11.8 Å². The van der Waals surface area contributed by atoms with E-state index in [1.807, 2.05) is 36.4 Å². The molecular formula is C24H21ClN2O5. The second-order valence-corrected chi connectivity index (χ2v) is 7.43. The average Bonchev–Trinajstić information content (AvgIpc) is 2.78. The van der Waals surface area contributed by atoms with Crippen LogP contribution in [0.4, 0.5) is 0 Å². The number of benzene rings is 3. The molecule has 7 nitrogen and oxygen atoms in total. The highest BCUT2D eigenvalue weighted by molar-refractivity contribution is 6.34. The van der Waals surface area contributed by atoms with Gasteiger partial charge in [-0.05, 0) is 35.4 Å². The number of carbonyl (C=O) groups is 3. The molecule has 0 bridgehead atoms. The summed E-state index contributed by atoms with van der Waals surface area (Å²) in [4.78, 5) is 35.6. The number of carboxylic acids is 1. The molecule has 3 aromatic carbocycles. The quantitative estimate of drug-likeness (QED) is 0.483. The topological polar surface area (TPSA) is 119 Å². The number of methoxy groups -OCH3 is 1. The van der Waals surface area contributed by atoms with Crippen LogP contribution in [0, 0.1) is 0 Å². The van der Waals surface area contributed by atoms with E-state index < -0.39 is 23.8 Å². The van der Waals surface area contributed by atoms with Crippen molar-refractivity contribution < 1.29 is 24.2 Å². The summed E-state index contributed by atoms with van der Waals surface area (Å²) in [6.07, 6.45) is 0.0737. The van der Waals surface area contributed by atoms with Crippen LogP contribution in [0.25, 0.3) is 11.1 Å². The van der Waals surface area contributed by atoms with Crippen molar-refractivity contribution in [3.05, 3.63) is 88.4 Å². The lowest BCUT2D eigenvalue weighted by atomic mass is 10.00. The van der Waals surface area contributed by atoms with Crippen molar-refractivity contribution in [1.29, 1.82) is 0 Å². The summed E-state index contributed by atoms with van der Waals surface area (Å²) >= 11 is 6.07. The van der Waals surface area contributed by atoms with Crippen LogP contribution in [-0.2, 0) is 11.2 Å². The number of nitrogens with two attached hydrogens (primary N) is 1. The molecule has 164 valence electrons. The van der Waals surface area contributed by atoms with Crippen LogP contribution in [0.15, 0.2) is 66.7 Å². The van der Waals surface area contributed by atoms with Crippen LogP contribution in [0.1, 0.15) is 26.3 Å². The molecule has 32 heavy (non-hydrogen) atoms. The number of hydrogen-bond donors (Lipinski definition) is 3. The SMILES string of the molecule is COc1ccccc1-c1ccc(C[C@H](NC(=O)c2ccc(C(N)=O)cc2Cl)C(=O)O)cc1. The van der Waals surface area contributed by atoms with Gasteiger partial charge in [0.25, 0.3) is 5.91 Å². The van der Waals surface area contributed by atoms with Gasteiger partial charge < -0.3 is 20.9 Å². The maximum absolute atomic E-state index is 12.6. The zero-order valence-electron chi connectivity index (χ0n) is 17.2. The molecule has 0 aliphatic carbocycles. The van der Waals surface area contributed by atoms with Crippen LogP contribution in [0.3, 0.4) is 0 Å². The molecule has 8 heteroatoms. The summed E-state index contributed by atoms with van der Waals surface area (Å²) in [7, 11) is 1.60. The smallest absolute Gasteiger partial charge is 0.326 e. The molecule has 0 fully saturated rings. The summed E-state index contributed by atoms with van der Waals surface area (Å²) in [6.45, 7) is 0. The number of halogens is 1. The van der Waals surface area contributed by atoms with Gasteiger partial charge in [-0.2, -0.15) is 0 Å². The van der Waals surface area contributed by atoms with Crippen molar-refractivity contribution in [3.8, 4) is 16.9 Å². The molecule has 0 radical (unpaired) electrons. The third-order valence-corrected chi connectivity index (χ3v) is 5.23. The zero-order valence-corrected chi connectivity index (χ0v) is 17.9. The largest absolute Gasteiger partial charge is 0.496 e. The van der Waals surface area contributed by atoms with E-state index in [4.69, 9.17) is 22.1 Å². The normalized spacial score (nSPS) is 11.4. The van der Waals surface area contributed by atoms with Crippen molar-refractivity contribution in [2.24, 2.45) is 5.73 Å². The zero-order chi connectivity index (χ0) is 23.3. The van der Waals surface area contributed by atoms with E-state index in [-0.39, 0.29) is 22.6 Å². The molecule has 3 rings (SSSR count). The Morgan fingerprint density at radius 2 is 1.75 bits per heavy atom. The summed E-state index contributed by atoms with van der Waals surface area (Å²) in [5.41, 5.74) is 7.96. The van der Waals surface area contributed by atoms with Crippen molar-refractivity contribution in [1.82, 2.24) is 5.32 Å². The van der Waals surface area contributed by atoms with E-state index in [0.29, 0.717) is 0 Å². The Labute approximate surface area is 189 Å². The Morgan fingerprint density at radius 1 is 1.06 bits per heavy atom. The third kappa shape index (κ3) is 5.25. The second-order valence-electron chi connectivity index (χ2n) is 7.02. The third-order valence-electron chi connectivity index (χ3n) is 4.91. The lowest BCUT2D eigenvalue weighted by molar-refractivity contribution is -0.139. The molecule has 0 unspecified atom stereocenters. The van der Waals surface area contributed by atoms with Crippen molar-refractivity contribution >= 4 is 29.4 Å². The molecule has 4 N–H and O–H groups in total. The van der Waals surface area contributed by atoms with Crippen molar-refractivity contribution in [2.45, 2.75) is 12.5 Å². The Kier molecular flexibility index (Phi) is 7.12. The summed E-state index contributed by atoms with van der Waals surface area (Å²) < 4.78 is 5.38. The van der Waals surface area contributed by atoms with Crippen LogP contribution in [0.5, 0.6) is 5.75 Å². The maximum Gasteiger partial charge on any atom is 0.326 e. The first-order chi connectivity index (χ1) is 15.3. The summed E-state index contributed by atoms with van der Waals surface area (Å²) in [5, 5.41) is 12.1. The molecule has 0 aliphatic heterocycles. The molecule has 0 aromatic heterocycles. The molecule has 0 aliphatic rings. The fourth-order valence-electron chi connectivity index (χ4n) is 3.23. The number of aliphatic carboxylic acids is 1. The van der Waals surface area contributed by atoms with Gasteiger partial charge in [0, 0.05) is 17.5 Å². The van der Waals surface area contributed by atoms with E-state index in [0.717, 1.165) is 22.4 Å². The number of carbonyl (C=O) groups excluding carboxylic acids is 2. The van der Waals surface area contributed by atoms with Gasteiger partial charge >= 0.3 is 5.97 Å². The molecule has 2 amide bonds. The highest BCUT2D eigenvalue weighted by Crippen LogP contribution is 2.29. The van der Waals surface area contributed by atoms with Crippen LogP contribution < -0.4 is 15.8 Å². The highest BCUT2D eigenvalue weighted by Gasteiger charge is 2.23. The lowest BCUT2D eigenvalue weighted by Crippen LogP contribution is -2.42. The van der Waals surface area contributed by atoms with E-state index >= 15 is 0 Å². The number of carboxylic acid groups (broad SMARTS) is 1. The Morgan fingerprint density at radius 3 is 2.34 bits per heavy atom. The molecule has 0 saturated heterocycles. The monoisotopic (exact) mass is 452 g/mol. The molecule has 0 heterocycles. The molecular weight excluding hydrogens is 432 g/mol. The summed E-state index contributed by atoms with van der Waals surface area (Å²) in [5.74, 6) is -1.80. The number of primary amides is 1. The van der Waals surface area contributed by atoms with Gasteiger partial charge in [-0.15, -0.1) is 0 Å². The number of para-hydroxylation sites is 1. The minimum atomic E-state index is -1.18. The van der Waals surface area contributed by atoms with Crippen molar-refractivity contribution in [2.75, 3.05) is 7.11 Å². The van der Waals surface area contributed by atoms with Gasteiger partial charge in [-0.3, -0.25) is 9.59 Å². The fourth-order valence-corrected chi connectivity index (χ4v) is 3.49. The van der Waals surface area contributed by atoms with E-state index in [2.05, 4.69) is 5.32 Å². The van der Waals surface area contributed by atoms with E-state index in [1.54, 1.807) is 19.2 Å².